The van der Waals surface area contributed by atoms with Gasteiger partial charge in [-0.3, -0.25) is 9.36 Å². The van der Waals surface area contributed by atoms with Gasteiger partial charge in [-0.2, -0.15) is 0 Å². The lowest BCUT2D eigenvalue weighted by Crippen LogP contribution is -2.34. The Morgan fingerprint density at radius 3 is 2.63 bits per heavy atom. The number of aromatic hydroxyl groups is 1. The molecule has 0 spiro atoms. The first-order chi connectivity index (χ1) is 16.7. The largest absolute Gasteiger partial charge is 0.494 e. The molecule has 0 aliphatic carbocycles. The van der Waals surface area contributed by atoms with Gasteiger partial charge in [0, 0.05) is 18.0 Å². The molecule has 0 bridgehead atoms. The molecule has 2 heterocycles. The number of hydrogen-bond donors (Lipinski definition) is 2. The lowest BCUT2D eigenvalue weighted by Gasteiger charge is -2.19. The monoisotopic (exact) mass is 534 g/mol. The Morgan fingerprint density at radius 2 is 1.97 bits per heavy atom. The number of halogens is 1. The number of amides is 1. The van der Waals surface area contributed by atoms with Crippen molar-refractivity contribution in [2.24, 2.45) is 0 Å². The van der Waals surface area contributed by atoms with Crippen molar-refractivity contribution in [2.75, 3.05) is 13.2 Å². The number of aliphatic carboxylic acids is 1. The van der Waals surface area contributed by atoms with Gasteiger partial charge in [0.05, 0.1) is 10.9 Å². The number of carbonyl (C=O) groups is 2. The summed E-state index contributed by atoms with van der Waals surface area (Å²) < 4.78 is 12.5. The predicted octanol–water partition coefficient (Wildman–Crippen LogP) is 5.49. The molecule has 1 fully saturated rings. The molecule has 35 heavy (non-hydrogen) atoms. The van der Waals surface area contributed by atoms with Crippen molar-refractivity contribution in [1.29, 1.82) is 0 Å². The van der Waals surface area contributed by atoms with Crippen molar-refractivity contribution in [1.82, 2.24) is 9.47 Å². The number of likely N-dealkylation sites (N-methyl/N-ethyl adjacent to an activating group) is 1. The van der Waals surface area contributed by atoms with Crippen LogP contribution in [0.5, 0.6) is 17.4 Å². The summed E-state index contributed by atoms with van der Waals surface area (Å²) in [6.07, 6.45) is 0.744. The Morgan fingerprint density at radius 1 is 1.26 bits per heavy atom. The third kappa shape index (κ3) is 5.77. The molecule has 1 saturated heterocycles. The Labute approximate surface area is 215 Å². The van der Waals surface area contributed by atoms with Crippen LogP contribution in [-0.4, -0.2) is 50.9 Å². The SMILES string of the molecule is CCN1C(=O)OCC1Cc1ccc(Oc2ccc(Cc3sc(=S)n(CC(=O)O)c3O)c(Cl)c2)cc1. The zero-order valence-electron chi connectivity index (χ0n) is 18.8. The van der Waals surface area contributed by atoms with Crippen LogP contribution < -0.4 is 4.74 Å². The van der Waals surface area contributed by atoms with Gasteiger partial charge in [-0.15, -0.1) is 11.3 Å². The summed E-state index contributed by atoms with van der Waals surface area (Å²) in [5.74, 6) is -0.0443. The Hall–Kier alpha value is -3.08. The van der Waals surface area contributed by atoms with E-state index in [-0.39, 0.29) is 22.0 Å². The smallest absolute Gasteiger partial charge is 0.410 e. The number of carbonyl (C=O) groups excluding carboxylic acids is 1. The minimum Gasteiger partial charge on any atom is -0.494 e. The van der Waals surface area contributed by atoms with Gasteiger partial charge in [-0.1, -0.05) is 29.8 Å². The average Bonchev–Trinajstić information content (AvgIpc) is 3.29. The number of nitrogens with zero attached hydrogens (tertiary/aromatic N) is 2. The first kappa shape index (κ1) is 25.0. The molecular weight excluding hydrogens is 512 g/mol. The molecule has 3 aromatic rings. The van der Waals surface area contributed by atoms with Crippen molar-refractivity contribution in [3.8, 4) is 17.4 Å². The van der Waals surface area contributed by atoms with Crippen LogP contribution in [0.1, 0.15) is 22.9 Å². The van der Waals surface area contributed by atoms with E-state index >= 15 is 0 Å². The van der Waals surface area contributed by atoms with Crippen LogP contribution >= 0.6 is 35.2 Å². The van der Waals surface area contributed by atoms with E-state index in [2.05, 4.69) is 0 Å². The maximum absolute atomic E-state index is 11.7. The molecule has 0 radical (unpaired) electrons. The van der Waals surface area contributed by atoms with Crippen LogP contribution in [0.2, 0.25) is 5.02 Å². The zero-order chi connectivity index (χ0) is 25.1. The third-order valence-electron chi connectivity index (χ3n) is 5.65. The summed E-state index contributed by atoms with van der Waals surface area (Å²) >= 11 is 12.8. The van der Waals surface area contributed by atoms with Crippen molar-refractivity contribution < 1.29 is 29.3 Å². The summed E-state index contributed by atoms with van der Waals surface area (Å²) in [5.41, 5.74) is 1.82. The van der Waals surface area contributed by atoms with Gasteiger partial charge in [0.25, 0.3) is 0 Å². The van der Waals surface area contributed by atoms with E-state index in [0.717, 1.165) is 22.5 Å². The first-order valence-electron chi connectivity index (χ1n) is 10.9. The molecule has 8 nitrogen and oxygen atoms in total. The molecule has 184 valence electrons. The lowest BCUT2D eigenvalue weighted by molar-refractivity contribution is -0.137. The quantitative estimate of drug-likeness (QED) is 0.350. The summed E-state index contributed by atoms with van der Waals surface area (Å²) in [6, 6.07) is 12.9. The number of carboxylic acids is 1. The number of ether oxygens (including phenoxy) is 2. The predicted molar refractivity (Wildman–Crippen MR) is 134 cm³/mol. The van der Waals surface area contributed by atoms with Gasteiger partial charge < -0.3 is 24.6 Å². The number of cyclic esters (lactones) is 1. The molecule has 4 rings (SSSR count). The summed E-state index contributed by atoms with van der Waals surface area (Å²) in [4.78, 5) is 25.0. The van der Waals surface area contributed by atoms with Crippen LogP contribution in [0.15, 0.2) is 42.5 Å². The van der Waals surface area contributed by atoms with Crippen LogP contribution in [0, 0.1) is 3.95 Å². The summed E-state index contributed by atoms with van der Waals surface area (Å²) in [7, 11) is 0. The van der Waals surface area contributed by atoms with Gasteiger partial charge in [-0.25, -0.2) is 4.79 Å². The molecule has 1 unspecified atom stereocenters. The minimum atomic E-state index is -1.08. The summed E-state index contributed by atoms with van der Waals surface area (Å²) in [5, 5.41) is 19.8. The molecule has 2 aromatic carbocycles. The number of hydrogen-bond acceptors (Lipinski definition) is 7. The fourth-order valence-corrected chi connectivity index (χ4v) is 5.48. The Kier molecular flexibility index (Phi) is 7.63. The third-order valence-corrected chi connectivity index (χ3v) is 7.44. The summed E-state index contributed by atoms with van der Waals surface area (Å²) in [6.45, 7) is 2.54. The van der Waals surface area contributed by atoms with Gasteiger partial charge in [-0.05, 0) is 61.0 Å². The van der Waals surface area contributed by atoms with Crippen molar-refractivity contribution in [3.63, 3.8) is 0 Å². The Bertz CT molecular complexity index is 1300. The van der Waals surface area contributed by atoms with E-state index in [1.165, 1.54) is 4.57 Å². The molecule has 1 aliphatic heterocycles. The molecular formula is C24H23ClN2O6S2. The van der Waals surface area contributed by atoms with Crippen LogP contribution in [-0.2, 0) is 28.9 Å². The van der Waals surface area contributed by atoms with Crippen molar-refractivity contribution >= 4 is 47.2 Å². The van der Waals surface area contributed by atoms with Gasteiger partial charge in [0.15, 0.2) is 3.95 Å². The van der Waals surface area contributed by atoms with Crippen molar-refractivity contribution in [2.45, 2.75) is 32.4 Å². The molecule has 1 atom stereocenters. The van der Waals surface area contributed by atoms with Gasteiger partial charge in [0.1, 0.15) is 24.7 Å². The number of carboxylic acid groups (broad SMARTS) is 1. The number of thiazole rings is 1. The van der Waals surface area contributed by atoms with E-state index in [9.17, 15) is 14.7 Å². The minimum absolute atomic E-state index is 0.0313. The topological polar surface area (TPSA) is 101 Å². The van der Waals surface area contributed by atoms with E-state index in [4.69, 9.17) is 38.4 Å². The van der Waals surface area contributed by atoms with E-state index in [1.54, 1.807) is 23.1 Å². The van der Waals surface area contributed by atoms with Crippen LogP contribution in [0.4, 0.5) is 4.79 Å². The molecule has 1 aliphatic rings. The van der Waals surface area contributed by atoms with E-state index < -0.39 is 12.5 Å². The number of aromatic nitrogens is 1. The fourth-order valence-electron chi connectivity index (χ4n) is 3.89. The highest BCUT2D eigenvalue weighted by Crippen LogP contribution is 2.33. The second-order valence-corrected chi connectivity index (χ2v) is 10.1. The normalized spacial score (nSPS) is 15.3. The molecule has 1 aromatic heterocycles. The molecule has 11 heteroatoms. The average molecular weight is 535 g/mol. The molecule has 1 amide bonds. The fraction of sp³-hybridized carbons (Fsp3) is 0.292. The lowest BCUT2D eigenvalue weighted by atomic mass is 10.1. The first-order valence-corrected chi connectivity index (χ1v) is 12.5. The highest BCUT2D eigenvalue weighted by Gasteiger charge is 2.31. The second-order valence-electron chi connectivity index (χ2n) is 7.99. The maximum atomic E-state index is 11.7. The standard InChI is InChI=1S/C24H23ClN2O6S2/c1-2-26-16(13-32-23(26)31)9-14-3-6-17(7-4-14)33-18-8-5-15(19(25)11-18)10-20-22(30)27(12-21(28)29)24(34)35-20/h3-8,11,16,30H,2,9-10,12-13H2,1H3,(H,28,29). The second kappa shape index (κ2) is 10.7. The van der Waals surface area contributed by atoms with Crippen LogP contribution in [0.25, 0.3) is 0 Å². The molecule has 2 N–H and O–H groups in total. The van der Waals surface area contributed by atoms with E-state index in [1.807, 2.05) is 31.2 Å². The maximum Gasteiger partial charge on any atom is 0.410 e. The van der Waals surface area contributed by atoms with Crippen molar-refractivity contribution in [3.05, 3.63) is 67.4 Å². The zero-order valence-corrected chi connectivity index (χ0v) is 21.2. The van der Waals surface area contributed by atoms with E-state index in [0.29, 0.717) is 47.4 Å². The Balaban J connectivity index is 1.41. The number of benzene rings is 2. The van der Waals surface area contributed by atoms with Gasteiger partial charge >= 0.3 is 12.1 Å². The van der Waals surface area contributed by atoms with Crippen LogP contribution in [0.3, 0.4) is 0 Å². The highest BCUT2D eigenvalue weighted by molar-refractivity contribution is 7.73. The van der Waals surface area contributed by atoms with Gasteiger partial charge in [0.2, 0.25) is 5.88 Å². The number of rotatable bonds is 9. The highest BCUT2D eigenvalue weighted by atomic mass is 35.5. The molecule has 0 saturated carbocycles.